The molecule has 0 radical (unpaired) electrons. The Labute approximate surface area is 191 Å². The van der Waals surface area contributed by atoms with Crippen molar-refractivity contribution >= 4 is 22.7 Å². The summed E-state index contributed by atoms with van der Waals surface area (Å²) in [6.07, 6.45) is 11.3. The molecule has 3 aromatic rings. The lowest BCUT2D eigenvalue weighted by molar-refractivity contribution is 0.0958. The van der Waals surface area contributed by atoms with E-state index >= 15 is 0 Å². The summed E-state index contributed by atoms with van der Waals surface area (Å²) in [5, 5.41) is 15.0. The van der Waals surface area contributed by atoms with E-state index < -0.39 is 0 Å². The molecule has 4 heterocycles. The van der Waals surface area contributed by atoms with Crippen molar-refractivity contribution in [1.29, 1.82) is 0 Å². The largest absolute Gasteiger partial charge is 0.493 e. The molecule has 0 saturated carbocycles. The number of aromatic nitrogens is 3. The first-order chi connectivity index (χ1) is 16.2. The molecule has 33 heavy (non-hydrogen) atoms. The summed E-state index contributed by atoms with van der Waals surface area (Å²) >= 11 is 0. The van der Waals surface area contributed by atoms with Gasteiger partial charge in [-0.05, 0) is 43.2 Å². The minimum atomic E-state index is -0.152. The van der Waals surface area contributed by atoms with Gasteiger partial charge < -0.3 is 24.5 Å². The average Bonchev–Trinajstić information content (AvgIpc) is 3.48. The van der Waals surface area contributed by atoms with Crippen molar-refractivity contribution in [2.75, 3.05) is 25.6 Å². The van der Waals surface area contributed by atoms with Gasteiger partial charge in [0.15, 0.2) is 5.82 Å². The quantitative estimate of drug-likeness (QED) is 0.604. The van der Waals surface area contributed by atoms with E-state index in [1.807, 2.05) is 25.1 Å². The number of carbonyl (C=O) groups is 1. The van der Waals surface area contributed by atoms with Crippen LogP contribution >= 0.6 is 0 Å². The number of pyridine rings is 1. The van der Waals surface area contributed by atoms with Crippen molar-refractivity contribution in [3.63, 3.8) is 0 Å². The first-order valence-corrected chi connectivity index (χ1v) is 10.7. The SMILES string of the molecule is CCOc1nnc(NC2=CC3=C(CC=C2)CCO3)c2ccoc12.CNC(=O)c1ccccn1. The minimum Gasteiger partial charge on any atom is -0.493 e. The molecule has 0 spiro atoms. The zero-order valence-corrected chi connectivity index (χ0v) is 18.5. The molecule has 2 aliphatic rings. The number of rotatable bonds is 5. The van der Waals surface area contributed by atoms with Gasteiger partial charge in [-0.25, -0.2) is 0 Å². The van der Waals surface area contributed by atoms with E-state index in [1.54, 1.807) is 37.7 Å². The summed E-state index contributed by atoms with van der Waals surface area (Å²) < 4.78 is 16.6. The molecular weight excluding hydrogens is 422 g/mol. The number of amides is 1. The van der Waals surface area contributed by atoms with Crippen molar-refractivity contribution in [3.8, 4) is 5.88 Å². The van der Waals surface area contributed by atoms with Crippen molar-refractivity contribution in [1.82, 2.24) is 20.5 Å². The van der Waals surface area contributed by atoms with E-state index in [-0.39, 0.29) is 5.91 Å². The summed E-state index contributed by atoms with van der Waals surface area (Å²) in [4.78, 5) is 14.7. The molecular formula is C24H25N5O4. The maximum atomic E-state index is 10.8. The molecule has 0 atom stereocenters. The average molecular weight is 447 g/mol. The second-order valence-electron chi connectivity index (χ2n) is 7.14. The van der Waals surface area contributed by atoms with Crippen LogP contribution in [0, 0.1) is 0 Å². The Bertz CT molecular complexity index is 1210. The third kappa shape index (κ3) is 5.20. The number of hydrogen-bond acceptors (Lipinski definition) is 8. The van der Waals surface area contributed by atoms with Crippen molar-refractivity contribution in [3.05, 3.63) is 77.7 Å². The Morgan fingerprint density at radius 2 is 2.15 bits per heavy atom. The summed E-state index contributed by atoms with van der Waals surface area (Å²) in [7, 11) is 1.58. The van der Waals surface area contributed by atoms with Crippen LogP contribution in [0.1, 0.15) is 30.3 Å². The fourth-order valence-corrected chi connectivity index (χ4v) is 3.39. The van der Waals surface area contributed by atoms with Gasteiger partial charge in [0, 0.05) is 31.4 Å². The highest BCUT2D eigenvalue weighted by Gasteiger charge is 2.17. The Morgan fingerprint density at radius 3 is 2.94 bits per heavy atom. The van der Waals surface area contributed by atoms with Gasteiger partial charge in [0.25, 0.3) is 11.8 Å². The third-order valence-electron chi connectivity index (χ3n) is 4.98. The van der Waals surface area contributed by atoms with Crippen LogP contribution in [0.25, 0.3) is 11.0 Å². The lowest BCUT2D eigenvalue weighted by Crippen LogP contribution is -2.18. The highest BCUT2D eigenvalue weighted by molar-refractivity contribution is 5.92. The summed E-state index contributed by atoms with van der Waals surface area (Å²) in [6.45, 7) is 3.17. The molecule has 1 amide bonds. The first kappa shape index (κ1) is 22.1. The zero-order chi connectivity index (χ0) is 23.0. The van der Waals surface area contributed by atoms with Gasteiger partial charge >= 0.3 is 0 Å². The predicted octanol–water partition coefficient (Wildman–Crippen LogP) is 3.99. The number of nitrogens with zero attached hydrogens (tertiary/aromatic N) is 3. The zero-order valence-electron chi connectivity index (χ0n) is 18.5. The summed E-state index contributed by atoms with van der Waals surface area (Å²) in [5.74, 6) is 1.85. The summed E-state index contributed by atoms with van der Waals surface area (Å²) in [5.41, 5.74) is 3.30. The number of ether oxygens (including phenoxy) is 2. The van der Waals surface area contributed by atoms with Gasteiger partial charge in [-0.2, -0.15) is 0 Å². The van der Waals surface area contributed by atoms with E-state index in [1.165, 1.54) is 5.57 Å². The highest BCUT2D eigenvalue weighted by atomic mass is 16.5. The maximum absolute atomic E-state index is 10.8. The topological polar surface area (TPSA) is 111 Å². The standard InChI is InChI=1S/C17H17N3O3.C7H8N2O/c1-2-21-17-15-13(7-9-23-15)16(19-20-17)18-12-5-3-4-11-6-8-22-14(11)10-12;1-8-7(10)6-4-2-3-5-9-6/h3,5,7,9-10H,2,4,6,8H2,1H3,(H,18,19);2-5H,1H3,(H,8,10). The number of allylic oxidation sites excluding steroid dienone is 3. The lowest BCUT2D eigenvalue weighted by Gasteiger charge is -2.09. The van der Waals surface area contributed by atoms with Gasteiger partial charge in [-0.1, -0.05) is 12.1 Å². The molecule has 1 aliphatic carbocycles. The molecule has 0 bridgehead atoms. The van der Waals surface area contributed by atoms with E-state index in [0.717, 1.165) is 36.3 Å². The van der Waals surface area contributed by atoms with Gasteiger partial charge in [-0.15, -0.1) is 10.2 Å². The Balaban J connectivity index is 0.000000219. The maximum Gasteiger partial charge on any atom is 0.277 e. The Hall–Kier alpha value is -4.14. The molecule has 0 unspecified atom stereocenters. The van der Waals surface area contributed by atoms with Crippen LogP contribution < -0.4 is 15.4 Å². The number of carbonyl (C=O) groups excluding carboxylic acids is 1. The van der Waals surface area contributed by atoms with E-state index in [0.29, 0.717) is 29.6 Å². The molecule has 9 nitrogen and oxygen atoms in total. The van der Waals surface area contributed by atoms with E-state index in [2.05, 4.69) is 31.9 Å². The normalized spacial score (nSPS) is 14.4. The number of anilines is 1. The fourth-order valence-electron chi connectivity index (χ4n) is 3.39. The van der Waals surface area contributed by atoms with Crippen LogP contribution in [-0.4, -0.2) is 41.3 Å². The van der Waals surface area contributed by atoms with Crippen molar-refractivity contribution in [2.45, 2.75) is 19.8 Å². The van der Waals surface area contributed by atoms with Crippen LogP contribution in [0.3, 0.4) is 0 Å². The lowest BCUT2D eigenvalue weighted by atomic mass is 10.1. The van der Waals surface area contributed by atoms with Crippen molar-refractivity contribution in [2.24, 2.45) is 0 Å². The van der Waals surface area contributed by atoms with Crippen LogP contribution in [0.15, 0.2) is 76.4 Å². The van der Waals surface area contributed by atoms with Gasteiger partial charge in [0.2, 0.25) is 5.58 Å². The van der Waals surface area contributed by atoms with Gasteiger partial charge in [-0.3, -0.25) is 9.78 Å². The second-order valence-corrected chi connectivity index (χ2v) is 7.14. The van der Waals surface area contributed by atoms with Crippen LogP contribution in [0.2, 0.25) is 0 Å². The van der Waals surface area contributed by atoms with Crippen LogP contribution in [0.4, 0.5) is 5.82 Å². The first-order valence-electron chi connectivity index (χ1n) is 10.7. The van der Waals surface area contributed by atoms with E-state index in [9.17, 15) is 4.79 Å². The van der Waals surface area contributed by atoms with Crippen LogP contribution in [0.5, 0.6) is 5.88 Å². The number of hydrogen-bond donors (Lipinski definition) is 2. The predicted molar refractivity (Wildman–Crippen MR) is 124 cm³/mol. The molecule has 0 aromatic carbocycles. The molecule has 3 aromatic heterocycles. The molecule has 0 saturated heterocycles. The number of nitrogens with one attached hydrogen (secondary N) is 2. The molecule has 1 aliphatic heterocycles. The number of furan rings is 1. The Morgan fingerprint density at radius 1 is 1.24 bits per heavy atom. The molecule has 5 rings (SSSR count). The Kier molecular flexibility index (Phi) is 6.99. The molecule has 170 valence electrons. The summed E-state index contributed by atoms with van der Waals surface area (Å²) in [6, 6.07) is 7.06. The second kappa shape index (κ2) is 10.4. The highest BCUT2D eigenvalue weighted by Crippen LogP contribution is 2.31. The molecule has 2 N–H and O–H groups in total. The molecule has 0 fully saturated rings. The minimum absolute atomic E-state index is 0.152. The molecule has 9 heteroatoms. The fraction of sp³-hybridized carbons (Fsp3) is 0.250. The third-order valence-corrected chi connectivity index (χ3v) is 4.98. The van der Waals surface area contributed by atoms with Gasteiger partial charge in [0.1, 0.15) is 11.5 Å². The van der Waals surface area contributed by atoms with E-state index in [4.69, 9.17) is 13.9 Å². The smallest absolute Gasteiger partial charge is 0.277 e. The number of fused-ring (bicyclic) bond motifs is 1. The monoisotopic (exact) mass is 447 g/mol. The van der Waals surface area contributed by atoms with Crippen LogP contribution in [-0.2, 0) is 4.74 Å². The van der Waals surface area contributed by atoms with Crippen molar-refractivity contribution < 1.29 is 18.7 Å². The van der Waals surface area contributed by atoms with Gasteiger partial charge in [0.05, 0.1) is 24.9 Å².